The molecule has 1 fully saturated rings. The predicted molar refractivity (Wildman–Crippen MR) is 121 cm³/mol. The average Bonchev–Trinajstić information content (AvgIpc) is 3.43. The second kappa shape index (κ2) is 9.91. The van der Waals surface area contributed by atoms with E-state index < -0.39 is 0 Å². The molecule has 1 amide bonds. The van der Waals surface area contributed by atoms with Crippen LogP contribution in [0.3, 0.4) is 0 Å². The van der Waals surface area contributed by atoms with Crippen LogP contribution < -0.4 is 20.5 Å². The number of imidazole rings is 1. The number of rotatable bonds is 9. The van der Waals surface area contributed by atoms with E-state index in [1.807, 2.05) is 49.4 Å². The van der Waals surface area contributed by atoms with E-state index in [1.165, 1.54) is 4.57 Å². The number of aryl methyl sites for hydroxylation is 1. The maximum atomic E-state index is 12.7. The number of aromatic nitrogens is 2. The zero-order valence-electron chi connectivity index (χ0n) is 18.5. The molecule has 32 heavy (non-hydrogen) atoms. The molecule has 1 saturated heterocycles. The molecular formula is C24H29N3O5. The summed E-state index contributed by atoms with van der Waals surface area (Å²) in [5.41, 5.74) is 2.28. The fraction of sp³-hybridized carbons (Fsp3) is 0.417. The van der Waals surface area contributed by atoms with E-state index in [9.17, 15) is 9.59 Å². The van der Waals surface area contributed by atoms with Gasteiger partial charge in [-0.1, -0.05) is 18.2 Å². The van der Waals surface area contributed by atoms with E-state index in [4.69, 9.17) is 14.2 Å². The van der Waals surface area contributed by atoms with Gasteiger partial charge < -0.3 is 19.5 Å². The maximum Gasteiger partial charge on any atom is 0.329 e. The molecule has 1 unspecified atom stereocenters. The molecule has 0 spiro atoms. The summed E-state index contributed by atoms with van der Waals surface area (Å²) in [6, 6.07) is 13.1. The van der Waals surface area contributed by atoms with E-state index in [2.05, 4.69) is 5.32 Å². The lowest BCUT2D eigenvalue weighted by atomic mass is 10.2. The number of fused-ring (bicyclic) bond motifs is 1. The number of amides is 1. The van der Waals surface area contributed by atoms with Crippen molar-refractivity contribution >= 4 is 16.9 Å². The van der Waals surface area contributed by atoms with Gasteiger partial charge in [0.25, 0.3) is 0 Å². The van der Waals surface area contributed by atoms with Crippen LogP contribution in [0.1, 0.15) is 25.3 Å². The standard InChI is InChI=1S/C24H29N3O5/c1-3-26-19-8-4-5-9-20(19)27(24(26)29)15-23(28)25-14-17-10-11-21(22(13-17)30-2)32-16-18-7-6-12-31-18/h4-5,8-11,13,18H,3,6-7,12,14-16H2,1-2H3,(H,25,28). The Kier molecular flexibility index (Phi) is 6.80. The van der Waals surface area contributed by atoms with Crippen molar-refractivity contribution < 1.29 is 19.0 Å². The second-order valence-electron chi connectivity index (χ2n) is 7.81. The maximum absolute atomic E-state index is 12.7. The van der Waals surface area contributed by atoms with Crippen molar-refractivity contribution in [3.05, 3.63) is 58.5 Å². The molecule has 8 heteroatoms. The highest BCUT2D eigenvalue weighted by atomic mass is 16.5. The number of benzene rings is 2. The zero-order chi connectivity index (χ0) is 22.5. The Morgan fingerprint density at radius 1 is 1.16 bits per heavy atom. The Labute approximate surface area is 186 Å². The Bertz CT molecular complexity index is 1140. The van der Waals surface area contributed by atoms with Crippen LogP contribution in [-0.4, -0.2) is 41.5 Å². The van der Waals surface area contributed by atoms with Crippen molar-refractivity contribution in [3.63, 3.8) is 0 Å². The second-order valence-corrected chi connectivity index (χ2v) is 7.81. The van der Waals surface area contributed by atoms with E-state index in [-0.39, 0.29) is 24.2 Å². The van der Waals surface area contributed by atoms with Gasteiger partial charge in [-0.3, -0.25) is 13.9 Å². The lowest BCUT2D eigenvalue weighted by Crippen LogP contribution is -2.32. The molecule has 0 saturated carbocycles. The highest BCUT2D eigenvalue weighted by molar-refractivity contribution is 5.81. The van der Waals surface area contributed by atoms with Crippen molar-refractivity contribution in [2.24, 2.45) is 0 Å². The molecule has 0 aliphatic carbocycles. The molecule has 4 rings (SSSR count). The Morgan fingerprint density at radius 3 is 2.62 bits per heavy atom. The summed E-state index contributed by atoms with van der Waals surface area (Å²) in [6.07, 6.45) is 2.20. The van der Waals surface area contributed by atoms with Gasteiger partial charge in [0.15, 0.2) is 11.5 Å². The molecule has 0 bridgehead atoms. The van der Waals surface area contributed by atoms with Crippen molar-refractivity contribution in [1.82, 2.24) is 14.5 Å². The van der Waals surface area contributed by atoms with Gasteiger partial charge in [0.05, 0.1) is 24.2 Å². The summed E-state index contributed by atoms with van der Waals surface area (Å²) in [5, 5.41) is 2.89. The molecule has 1 aliphatic heterocycles. The van der Waals surface area contributed by atoms with Gasteiger partial charge >= 0.3 is 5.69 Å². The van der Waals surface area contributed by atoms with Gasteiger partial charge in [0.2, 0.25) is 5.91 Å². The summed E-state index contributed by atoms with van der Waals surface area (Å²) in [6.45, 7) is 4.03. The van der Waals surface area contributed by atoms with Crippen molar-refractivity contribution in [2.45, 2.75) is 45.5 Å². The van der Waals surface area contributed by atoms with Crippen LogP contribution in [0.25, 0.3) is 11.0 Å². The highest BCUT2D eigenvalue weighted by Crippen LogP contribution is 2.29. The topological polar surface area (TPSA) is 83.7 Å². The normalized spacial score (nSPS) is 15.8. The number of methoxy groups -OCH3 is 1. The monoisotopic (exact) mass is 439 g/mol. The summed E-state index contributed by atoms with van der Waals surface area (Å²) >= 11 is 0. The highest BCUT2D eigenvalue weighted by Gasteiger charge is 2.18. The molecule has 8 nitrogen and oxygen atoms in total. The van der Waals surface area contributed by atoms with Gasteiger partial charge in [-0.2, -0.15) is 0 Å². The number of para-hydroxylation sites is 2. The smallest absolute Gasteiger partial charge is 0.329 e. The lowest BCUT2D eigenvalue weighted by Gasteiger charge is -2.15. The summed E-state index contributed by atoms with van der Waals surface area (Å²) in [7, 11) is 1.59. The molecule has 2 heterocycles. The number of carbonyl (C=O) groups is 1. The Morgan fingerprint density at radius 2 is 1.94 bits per heavy atom. The minimum absolute atomic E-state index is 0.0357. The van der Waals surface area contributed by atoms with Gasteiger partial charge in [-0.05, 0) is 49.6 Å². The molecule has 2 aromatic carbocycles. The molecule has 1 aromatic heterocycles. The zero-order valence-corrected chi connectivity index (χ0v) is 18.5. The molecular weight excluding hydrogens is 410 g/mol. The Hall–Kier alpha value is -3.26. The van der Waals surface area contributed by atoms with Crippen LogP contribution in [0.15, 0.2) is 47.3 Å². The molecule has 1 aliphatic rings. The van der Waals surface area contributed by atoms with Crippen LogP contribution in [0.2, 0.25) is 0 Å². The van der Waals surface area contributed by atoms with Crippen molar-refractivity contribution in [3.8, 4) is 11.5 Å². The van der Waals surface area contributed by atoms with E-state index >= 15 is 0 Å². The quantitative estimate of drug-likeness (QED) is 0.554. The van der Waals surface area contributed by atoms with Crippen LogP contribution in [-0.2, 0) is 29.2 Å². The van der Waals surface area contributed by atoms with Gasteiger partial charge in [-0.25, -0.2) is 4.79 Å². The van der Waals surface area contributed by atoms with Crippen molar-refractivity contribution in [1.29, 1.82) is 0 Å². The lowest BCUT2D eigenvalue weighted by molar-refractivity contribution is -0.121. The van der Waals surface area contributed by atoms with E-state index in [0.29, 0.717) is 31.2 Å². The summed E-state index contributed by atoms with van der Waals surface area (Å²) in [4.78, 5) is 25.3. The van der Waals surface area contributed by atoms with Gasteiger partial charge in [0, 0.05) is 19.7 Å². The first-order chi connectivity index (χ1) is 15.6. The third-order valence-corrected chi connectivity index (χ3v) is 5.71. The number of nitrogens with zero attached hydrogens (tertiary/aromatic N) is 2. The fourth-order valence-electron chi connectivity index (χ4n) is 4.03. The van der Waals surface area contributed by atoms with Crippen LogP contribution >= 0.6 is 0 Å². The minimum atomic E-state index is -0.233. The molecule has 170 valence electrons. The Balaban J connectivity index is 1.39. The molecule has 1 atom stereocenters. The average molecular weight is 440 g/mol. The molecule has 0 radical (unpaired) electrons. The number of hydrogen-bond acceptors (Lipinski definition) is 5. The van der Waals surface area contributed by atoms with Gasteiger partial charge in [0.1, 0.15) is 13.2 Å². The summed E-state index contributed by atoms with van der Waals surface area (Å²) < 4.78 is 20.1. The number of nitrogens with one attached hydrogen (secondary N) is 1. The first-order valence-electron chi connectivity index (χ1n) is 11.0. The third-order valence-electron chi connectivity index (χ3n) is 5.71. The summed E-state index contributed by atoms with van der Waals surface area (Å²) in [5.74, 6) is 1.03. The van der Waals surface area contributed by atoms with Crippen LogP contribution in [0.5, 0.6) is 11.5 Å². The number of carbonyl (C=O) groups excluding carboxylic acids is 1. The first-order valence-corrected chi connectivity index (χ1v) is 11.0. The van der Waals surface area contributed by atoms with Crippen LogP contribution in [0, 0.1) is 0 Å². The SMILES string of the molecule is CCn1c(=O)n(CC(=O)NCc2ccc(OCC3CCCO3)c(OC)c2)c2ccccc21. The molecule has 1 N–H and O–H groups in total. The number of ether oxygens (including phenoxy) is 3. The number of hydrogen-bond donors (Lipinski definition) is 1. The first kappa shape index (κ1) is 22.0. The van der Waals surface area contributed by atoms with Gasteiger partial charge in [-0.15, -0.1) is 0 Å². The molecule has 3 aromatic rings. The fourth-order valence-corrected chi connectivity index (χ4v) is 4.03. The largest absolute Gasteiger partial charge is 0.493 e. The van der Waals surface area contributed by atoms with E-state index in [0.717, 1.165) is 36.0 Å². The van der Waals surface area contributed by atoms with E-state index in [1.54, 1.807) is 11.7 Å². The third kappa shape index (κ3) is 4.65. The minimum Gasteiger partial charge on any atom is -0.493 e. The predicted octanol–water partition coefficient (Wildman–Crippen LogP) is 2.71. The van der Waals surface area contributed by atoms with Crippen molar-refractivity contribution in [2.75, 3.05) is 20.3 Å². The van der Waals surface area contributed by atoms with Crippen LogP contribution in [0.4, 0.5) is 0 Å².